The molecule has 1 unspecified atom stereocenters. The van der Waals surface area contributed by atoms with Gasteiger partial charge in [0, 0.05) is 0 Å². The summed E-state index contributed by atoms with van der Waals surface area (Å²) < 4.78 is 1.36. The zero-order chi connectivity index (χ0) is 11.4. The first-order valence-electron chi connectivity index (χ1n) is 5.08. The van der Waals surface area contributed by atoms with Gasteiger partial charge < -0.3 is 0 Å². The minimum atomic E-state index is -0.124. The quantitative estimate of drug-likeness (QED) is 0.779. The summed E-state index contributed by atoms with van der Waals surface area (Å²) in [5.74, 6) is 0. The van der Waals surface area contributed by atoms with E-state index in [0.29, 0.717) is 15.0 Å². The van der Waals surface area contributed by atoms with Gasteiger partial charge in [-0.1, -0.05) is 0 Å². The first kappa shape index (κ1) is 11.2. The van der Waals surface area contributed by atoms with Crippen LogP contribution in [-0.2, 0) is 0 Å². The number of allylic oxidation sites excluding steroid dienone is 3. The van der Waals surface area contributed by atoms with Crippen LogP contribution in [0.2, 0.25) is 0 Å². The number of benzene rings is 1. The van der Waals surface area contributed by atoms with E-state index in [1.807, 2.05) is 24.3 Å². The van der Waals surface area contributed by atoms with Gasteiger partial charge in [0.1, 0.15) is 0 Å². The van der Waals surface area contributed by atoms with Crippen molar-refractivity contribution in [2.45, 2.75) is 6.04 Å². The van der Waals surface area contributed by atoms with Crippen molar-refractivity contribution in [3.63, 3.8) is 0 Å². The molecule has 4 N–H and O–H groups in total. The number of hydrogen-bond donors (Lipinski definition) is 2. The summed E-state index contributed by atoms with van der Waals surface area (Å²) in [6.45, 7) is 0. The molecule has 0 amide bonds. The standard InChI is InChI=1S/C13H14N2Se/c14-12-7-6-10(8-13(12)15)9-16-11-4-2-1-3-5-11/h1-9,12H,14-15H2/b10-9-. The third-order valence-corrected chi connectivity index (χ3v) is 4.25. The van der Waals surface area contributed by atoms with Crippen LogP contribution in [0.3, 0.4) is 0 Å². The summed E-state index contributed by atoms with van der Waals surface area (Å²) >= 11 is 0.346. The predicted molar refractivity (Wildman–Crippen MR) is 69.3 cm³/mol. The Morgan fingerprint density at radius 3 is 2.62 bits per heavy atom. The van der Waals surface area contributed by atoms with E-state index in [9.17, 15) is 0 Å². The average molecular weight is 277 g/mol. The molecular formula is C13H14N2Se. The molecule has 16 heavy (non-hydrogen) atoms. The van der Waals surface area contributed by atoms with Crippen LogP contribution in [0.4, 0.5) is 0 Å². The summed E-state index contributed by atoms with van der Waals surface area (Å²) in [5, 5.41) is 0. The van der Waals surface area contributed by atoms with Crippen molar-refractivity contribution < 1.29 is 0 Å². The van der Waals surface area contributed by atoms with Gasteiger partial charge in [-0.3, -0.25) is 0 Å². The second kappa shape index (κ2) is 5.17. The average Bonchev–Trinajstić information content (AvgIpc) is 2.32. The first-order valence-corrected chi connectivity index (χ1v) is 6.93. The van der Waals surface area contributed by atoms with Crippen LogP contribution in [0.25, 0.3) is 0 Å². The maximum absolute atomic E-state index is 5.79. The first-order chi connectivity index (χ1) is 7.75. The normalized spacial score (nSPS) is 22.2. The fourth-order valence-electron chi connectivity index (χ4n) is 1.37. The monoisotopic (exact) mass is 278 g/mol. The molecule has 1 atom stereocenters. The molecule has 0 aromatic heterocycles. The van der Waals surface area contributed by atoms with Crippen molar-refractivity contribution in [2.75, 3.05) is 0 Å². The van der Waals surface area contributed by atoms with Crippen LogP contribution < -0.4 is 15.9 Å². The number of nitrogens with two attached hydrogens (primary N) is 2. The van der Waals surface area contributed by atoms with Crippen molar-refractivity contribution >= 4 is 19.4 Å². The van der Waals surface area contributed by atoms with Crippen LogP contribution >= 0.6 is 0 Å². The summed E-state index contributed by atoms with van der Waals surface area (Å²) in [5.41, 5.74) is 13.4. The van der Waals surface area contributed by atoms with Crippen LogP contribution in [-0.4, -0.2) is 21.0 Å². The van der Waals surface area contributed by atoms with Crippen LogP contribution in [0.1, 0.15) is 0 Å². The number of rotatable bonds is 2. The van der Waals surface area contributed by atoms with Crippen LogP contribution in [0.15, 0.2) is 64.8 Å². The zero-order valence-corrected chi connectivity index (χ0v) is 10.5. The fraction of sp³-hybridized carbons (Fsp3) is 0.0769. The third-order valence-electron chi connectivity index (χ3n) is 2.29. The molecule has 1 aliphatic carbocycles. The van der Waals surface area contributed by atoms with Crippen molar-refractivity contribution in [1.29, 1.82) is 0 Å². The van der Waals surface area contributed by atoms with Gasteiger partial charge in [-0.25, -0.2) is 0 Å². The van der Waals surface area contributed by atoms with E-state index in [2.05, 4.69) is 29.2 Å². The van der Waals surface area contributed by atoms with Crippen molar-refractivity contribution in [2.24, 2.45) is 11.5 Å². The molecule has 0 saturated carbocycles. The molecule has 0 heterocycles. The molecule has 0 radical (unpaired) electrons. The van der Waals surface area contributed by atoms with E-state index in [-0.39, 0.29) is 6.04 Å². The Kier molecular flexibility index (Phi) is 3.62. The second-order valence-corrected chi connectivity index (χ2v) is 5.56. The molecule has 0 bridgehead atoms. The molecule has 82 valence electrons. The van der Waals surface area contributed by atoms with E-state index in [0.717, 1.165) is 11.3 Å². The van der Waals surface area contributed by atoms with Gasteiger partial charge in [-0.2, -0.15) is 0 Å². The maximum atomic E-state index is 5.79. The molecule has 0 spiro atoms. The molecule has 0 fully saturated rings. The molecule has 2 rings (SSSR count). The zero-order valence-electron chi connectivity index (χ0n) is 8.84. The Balaban J connectivity index is 2.07. The topological polar surface area (TPSA) is 52.0 Å². The summed E-state index contributed by atoms with van der Waals surface area (Å²) in [7, 11) is 0. The van der Waals surface area contributed by atoms with Crippen molar-refractivity contribution in [3.05, 3.63) is 64.8 Å². The van der Waals surface area contributed by atoms with E-state index in [4.69, 9.17) is 11.5 Å². The van der Waals surface area contributed by atoms with Gasteiger partial charge in [0.2, 0.25) is 0 Å². The third kappa shape index (κ3) is 2.86. The van der Waals surface area contributed by atoms with Crippen molar-refractivity contribution in [3.8, 4) is 0 Å². The van der Waals surface area contributed by atoms with Gasteiger partial charge in [-0.15, -0.1) is 0 Å². The van der Waals surface area contributed by atoms with Crippen LogP contribution in [0.5, 0.6) is 0 Å². The van der Waals surface area contributed by atoms with E-state index < -0.39 is 0 Å². The van der Waals surface area contributed by atoms with E-state index >= 15 is 0 Å². The molecule has 1 aromatic carbocycles. The van der Waals surface area contributed by atoms with Crippen molar-refractivity contribution in [1.82, 2.24) is 0 Å². The molecule has 1 aliphatic rings. The van der Waals surface area contributed by atoms with Gasteiger partial charge >= 0.3 is 102 Å². The summed E-state index contributed by atoms with van der Waals surface area (Å²) in [6, 6.07) is 10.3. The van der Waals surface area contributed by atoms with E-state index in [1.54, 1.807) is 0 Å². The molecule has 3 heteroatoms. The van der Waals surface area contributed by atoms with Gasteiger partial charge in [-0.05, 0) is 0 Å². The predicted octanol–water partition coefficient (Wildman–Crippen LogP) is 0.640. The molecule has 2 nitrogen and oxygen atoms in total. The Labute approximate surface area is 102 Å². The Bertz CT molecular complexity index is 446. The van der Waals surface area contributed by atoms with Crippen LogP contribution in [0, 0.1) is 0 Å². The second-order valence-electron chi connectivity index (χ2n) is 3.58. The molecular weight excluding hydrogens is 263 g/mol. The molecule has 0 aliphatic heterocycles. The fourth-order valence-corrected chi connectivity index (χ4v) is 2.91. The summed E-state index contributed by atoms with van der Waals surface area (Å²) in [4.78, 5) is 2.22. The minimum absolute atomic E-state index is 0.124. The molecule has 1 aromatic rings. The molecule has 0 saturated heterocycles. The van der Waals surface area contributed by atoms with E-state index in [1.165, 1.54) is 4.46 Å². The number of hydrogen-bond acceptors (Lipinski definition) is 2. The Morgan fingerprint density at radius 1 is 1.19 bits per heavy atom. The summed E-state index contributed by atoms with van der Waals surface area (Å²) in [6.07, 6.45) is 5.92. The Hall–Kier alpha value is -1.28. The SMILES string of the molecule is NC1=C/C(=C\[Se]c2ccccc2)C=CC1N. The van der Waals surface area contributed by atoms with Gasteiger partial charge in [0.25, 0.3) is 0 Å². The van der Waals surface area contributed by atoms with Gasteiger partial charge in [0.15, 0.2) is 0 Å². The Morgan fingerprint density at radius 2 is 1.94 bits per heavy atom. The van der Waals surface area contributed by atoms with Gasteiger partial charge in [0.05, 0.1) is 0 Å².